The fraction of sp³-hybridized carbons (Fsp3) is 0.400. The van der Waals surface area contributed by atoms with E-state index in [4.69, 9.17) is 42.6 Å². The maximum atomic E-state index is 6.48. The summed E-state index contributed by atoms with van der Waals surface area (Å²) in [7, 11) is 5.05. The van der Waals surface area contributed by atoms with Crippen LogP contribution >= 0.6 is 0 Å². The van der Waals surface area contributed by atoms with Crippen molar-refractivity contribution >= 4 is 0 Å². The van der Waals surface area contributed by atoms with Crippen LogP contribution in [0.15, 0.2) is 109 Å². The zero-order chi connectivity index (χ0) is 50.5. The molecule has 0 saturated carbocycles. The highest BCUT2D eigenvalue weighted by Crippen LogP contribution is 2.41. The molecule has 12 heterocycles. The van der Waals surface area contributed by atoms with Crippen molar-refractivity contribution < 1.29 is 42.6 Å². The van der Waals surface area contributed by atoms with Gasteiger partial charge >= 0.3 is 0 Å². The highest BCUT2D eigenvalue weighted by atomic mass is 16.6. The minimum atomic E-state index is 0.161. The summed E-state index contributed by atoms with van der Waals surface area (Å²) in [6.07, 6.45) is 1.85. The summed E-state index contributed by atoms with van der Waals surface area (Å²) >= 11 is 0. The molecule has 0 amide bonds. The van der Waals surface area contributed by atoms with E-state index in [1.807, 2.05) is 36.4 Å². The summed E-state index contributed by atoms with van der Waals surface area (Å²) in [5.41, 5.74) is 10.2. The summed E-state index contributed by atoms with van der Waals surface area (Å²) in [5.74, 6) is 6.26. The normalized spacial score (nSPS) is 20.1. The van der Waals surface area contributed by atoms with Crippen LogP contribution in [0.3, 0.4) is 0 Å². The molecule has 13 nitrogen and oxygen atoms in total. The Morgan fingerprint density at radius 2 is 0.630 bits per heavy atom. The van der Waals surface area contributed by atoms with Gasteiger partial charge in [0, 0.05) is 57.4 Å². The molecule has 0 fully saturated rings. The predicted molar refractivity (Wildman–Crippen MR) is 285 cm³/mol. The Balaban J connectivity index is 1.09. The lowest BCUT2D eigenvalue weighted by atomic mass is 9.94. The van der Waals surface area contributed by atoms with Crippen LogP contribution in [0.1, 0.15) is 89.0 Å². The third kappa shape index (κ3) is 13.3. The Morgan fingerprint density at radius 3 is 0.904 bits per heavy atom. The Kier molecular flexibility index (Phi) is 17.5. The number of rotatable bonds is 3. The molecule has 0 saturated heterocycles. The average molecular weight is 993 g/mol. The Morgan fingerprint density at radius 1 is 0.370 bits per heavy atom. The van der Waals surface area contributed by atoms with Gasteiger partial charge < -0.3 is 58.6 Å². The zero-order valence-electron chi connectivity index (χ0n) is 43.4. The lowest BCUT2D eigenvalue weighted by molar-refractivity contribution is 0.211. The van der Waals surface area contributed by atoms with Crippen molar-refractivity contribution in [1.29, 1.82) is 0 Å². The average Bonchev–Trinajstić information content (AvgIpc) is 3.46. The molecule has 3 N–H and O–H groups in total. The van der Waals surface area contributed by atoms with Gasteiger partial charge in [0.15, 0.2) is 34.5 Å². The molecule has 73 heavy (non-hydrogen) atoms. The number of hydrogen-bond donors (Lipinski definition) is 3. The molecule has 0 spiro atoms. The Labute approximate surface area is 431 Å². The van der Waals surface area contributed by atoms with Crippen LogP contribution in [-0.2, 0) is 19.3 Å². The van der Waals surface area contributed by atoms with Crippen LogP contribution in [0.2, 0.25) is 0 Å². The van der Waals surface area contributed by atoms with E-state index in [9.17, 15) is 0 Å². The van der Waals surface area contributed by atoms with Gasteiger partial charge in [0.1, 0.15) is 56.9 Å². The van der Waals surface area contributed by atoms with Gasteiger partial charge in [-0.2, -0.15) is 0 Å². The van der Waals surface area contributed by atoms with E-state index in [0.717, 1.165) is 89.9 Å². The second-order valence-electron chi connectivity index (χ2n) is 19.0. The molecule has 13 heteroatoms. The van der Waals surface area contributed by atoms with Crippen molar-refractivity contribution in [3.8, 4) is 51.7 Å². The summed E-state index contributed by atoms with van der Waals surface area (Å²) in [4.78, 5) is 2.52. The van der Waals surface area contributed by atoms with E-state index in [0.29, 0.717) is 93.4 Å². The molecule has 0 unspecified atom stereocenters. The largest absolute Gasteiger partial charge is 0.493 e. The third-order valence-electron chi connectivity index (χ3n) is 14.2. The molecule has 6 aromatic carbocycles. The second-order valence-corrected chi connectivity index (χ2v) is 19.0. The van der Waals surface area contributed by atoms with Gasteiger partial charge in [-0.3, -0.25) is 4.90 Å². The summed E-state index contributed by atoms with van der Waals surface area (Å²) in [6.45, 7) is 13.9. The number of nitrogens with zero attached hydrogens (tertiary/aromatic N) is 1. The van der Waals surface area contributed by atoms with Gasteiger partial charge in [-0.15, -0.1) is 0 Å². The first-order chi connectivity index (χ1) is 35.7. The molecule has 13 aliphatic rings. The van der Waals surface area contributed by atoms with Gasteiger partial charge in [-0.25, -0.2) is 0 Å². The van der Waals surface area contributed by atoms with Crippen LogP contribution in [0, 0.1) is 0 Å². The molecular weight excluding hydrogens is 921 g/mol. The number of fused-ring (bicyclic) bond motifs is 1. The van der Waals surface area contributed by atoms with E-state index >= 15 is 0 Å². The highest BCUT2D eigenvalue weighted by molar-refractivity contribution is 5.58. The minimum absolute atomic E-state index is 0.161. The van der Waals surface area contributed by atoms with Crippen molar-refractivity contribution in [3.63, 3.8) is 0 Å². The topological polar surface area (TPSA) is 122 Å². The van der Waals surface area contributed by atoms with E-state index in [2.05, 4.69) is 114 Å². The molecule has 6 aromatic rings. The number of nitrogens with one attached hydrogen (secondary N) is 3. The standard InChI is InChI=1S/C60H72N4O9/c1-40-43-7-13-52(14-8-43)68-25-28-71-58-37-49-31-47-35-56(66-5)60-39-51(47)33-48-36-57(67-6)59(38-50(48)32-46(49)34-55(58)65-4)72-29-26-69-53-15-9-44(10-16-53)41(2)62-20-23-64(22-19-61-40)24-21-63-42(3)45-11-17-54(18-12-45)70-27-30-73-60/h7-18,34-42,61-63H,19-33H2,1-6H3/t40-,41-,42-/m0/s1. The summed E-state index contributed by atoms with van der Waals surface area (Å²) < 4.78 is 56.2. The minimum Gasteiger partial charge on any atom is -0.493 e. The number of ether oxygens (including phenoxy) is 9. The first kappa shape index (κ1) is 51.3. The lowest BCUT2D eigenvalue weighted by Crippen LogP contribution is -2.41. The number of benzene rings is 6. The van der Waals surface area contributed by atoms with Crippen molar-refractivity contribution in [2.45, 2.75) is 58.2 Å². The molecule has 0 radical (unpaired) electrons. The Bertz CT molecular complexity index is 2440. The second kappa shape index (κ2) is 24.9. The van der Waals surface area contributed by atoms with Gasteiger partial charge in [0.05, 0.1) is 21.3 Å². The zero-order valence-corrected chi connectivity index (χ0v) is 43.4. The predicted octanol–water partition coefficient (Wildman–Crippen LogP) is 9.45. The third-order valence-corrected chi connectivity index (χ3v) is 14.2. The molecule has 0 aromatic heterocycles. The van der Waals surface area contributed by atoms with Crippen molar-refractivity contribution in [2.24, 2.45) is 0 Å². The smallest absolute Gasteiger partial charge is 0.161 e. The van der Waals surface area contributed by atoms with Gasteiger partial charge in [-0.05, 0) is 163 Å². The first-order valence-corrected chi connectivity index (χ1v) is 25.8. The first-order valence-electron chi connectivity index (χ1n) is 25.8. The van der Waals surface area contributed by atoms with Crippen molar-refractivity contribution in [2.75, 3.05) is 100 Å². The fourth-order valence-electron chi connectivity index (χ4n) is 9.85. The molecule has 19 rings (SSSR count). The Hall–Kier alpha value is -6.64. The van der Waals surface area contributed by atoms with Crippen LogP contribution in [0.5, 0.6) is 51.7 Å². The summed E-state index contributed by atoms with van der Waals surface area (Å²) in [5, 5.41) is 11.3. The van der Waals surface area contributed by atoms with Crippen LogP contribution in [0.4, 0.5) is 0 Å². The van der Waals surface area contributed by atoms with E-state index in [-0.39, 0.29) is 18.1 Å². The molecule has 386 valence electrons. The SMILES string of the molecule is COc1cc2c3cc1OCCOc1ccc(cc1)[C@H](C)NCCN1CCN[C@@H](C)c4ccc(cc4)OCCOc4cc(c(cc4OC)C3)Cc3cc(OC)c(cc3C2)OCCOc2ccc(cc2)[C@H](C)NCC1. The van der Waals surface area contributed by atoms with Gasteiger partial charge in [-0.1, -0.05) is 36.4 Å². The summed E-state index contributed by atoms with van der Waals surface area (Å²) in [6, 6.07) is 38.2. The van der Waals surface area contributed by atoms with Crippen molar-refractivity contribution in [3.05, 3.63) is 159 Å². The number of methoxy groups -OCH3 is 3. The maximum Gasteiger partial charge on any atom is 0.161 e. The van der Waals surface area contributed by atoms with Crippen LogP contribution < -0.4 is 58.6 Å². The maximum absolute atomic E-state index is 6.48. The monoisotopic (exact) mass is 993 g/mol. The molecule has 1 aliphatic carbocycles. The molecular formula is C60H72N4O9. The van der Waals surface area contributed by atoms with Crippen LogP contribution in [0.25, 0.3) is 0 Å². The fourth-order valence-corrected chi connectivity index (χ4v) is 9.85. The number of hydrogen-bond acceptors (Lipinski definition) is 13. The van der Waals surface area contributed by atoms with E-state index < -0.39 is 0 Å². The molecule has 12 aliphatic heterocycles. The molecule has 3 atom stereocenters. The van der Waals surface area contributed by atoms with Crippen molar-refractivity contribution in [1.82, 2.24) is 20.9 Å². The highest BCUT2D eigenvalue weighted by Gasteiger charge is 2.23. The van der Waals surface area contributed by atoms with Gasteiger partial charge in [0.25, 0.3) is 0 Å². The molecule has 16 bridgehead atoms. The van der Waals surface area contributed by atoms with E-state index in [1.54, 1.807) is 21.3 Å². The van der Waals surface area contributed by atoms with Crippen LogP contribution in [-0.4, -0.2) is 105 Å². The quantitative estimate of drug-likeness (QED) is 0.156. The van der Waals surface area contributed by atoms with Gasteiger partial charge in [0.2, 0.25) is 0 Å². The lowest BCUT2D eigenvalue weighted by Gasteiger charge is -2.26. The van der Waals surface area contributed by atoms with E-state index in [1.165, 1.54) is 16.7 Å².